The number of anilines is 4. The lowest BCUT2D eigenvalue weighted by Gasteiger charge is -2.28. The van der Waals surface area contributed by atoms with Crippen molar-refractivity contribution in [2.24, 2.45) is 0 Å². The number of pyridine rings is 1. The number of urea groups is 1. The summed E-state index contributed by atoms with van der Waals surface area (Å²) < 4.78 is 49.9. The summed E-state index contributed by atoms with van der Waals surface area (Å²) in [7, 11) is 1.26. The van der Waals surface area contributed by atoms with Crippen LogP contribution in [-0.4, -0.2) is 56.9 Å². The van der Waals surface area contributed by atoms with Crippen LogP contribution in [0.5, 0.6) is 0 Å². The highest BCUT2D eigenvalue weighted by Gasteiger charge is 2.36. The van der Waals surface area contributed by atoms with Gasteiger partial charge in [-0.15, -0.1) is 0 Å². The SMILES string of the molecule is CCN1C(=O)N(c2c(F)cc(NCCNCCNC(=O)OC)cc2F)c2cc(C#N)ccc2-c2cc(F)cnc21. The number of nitriles is 1. The number of benzene rings is 2. The Bertz CT molecular complexity index is 1460. The molecule has 10 nitrogen and oxygen atoms in total. The van der Waals surface area contributed by atoms with Gasteiger partial charge in [-0.1, -0.05) is 6.07 Å². The van der Waals surface area contributed by atoms with Gasteiger partial charge in [-0.25, -0.2) is 27.7 Å². The molecule has 0 fully saturated rings. The third-order valence-electron chi connectivity index (χ3n) is 6.11. The summed E-state index contributed by atoms with van der Waals surface area (Å²) in [6, 6.07) is 8.74. The lowest BCUT2D eigenvalue weighted by molar-refractivity contribution is 0.171. The van der Waals surface area contributed by atoms with E-state index in [1.165, 1.54) is 36.3 Å². The van der Waals surface area contributed by atoms with Crippen LogP contribution in [0.4, 0.5) is 45.6 Å². The molecule has 208 valence electrons. The molecular formula is C27H26F3N7O3. The lowest BCUT2D eigenvalue weighted by atomic mass is 10.0. The number of aromatic nitrogens is 1. The van der Waals surface area contributed by atoms with Gasteiger partial charge in [-0.05, 0) is 37.3 Å². The average molecular weight is 554 g/mol. The fourth-order valence-electron chi connectivity index (χ4n) is 4.30. The van der Waals surface area contributed by atoms with Gasteiger partial charge in [0.1, 0.15) is 17.3 Å². The van der Waals surface area contributed by atoms with Crippen LogP contribution in [0.25, 0.3) is 11.1 Å². The van der Waals surface area contributed by atoms with E-state index >= 15 is 8.78 Å². The molecule has 1 aliphatic heterocycles. The van der Waals surface area contributed by atoms with Crippen molar-refractivity contribution in [1.82, 2.24) is 15.6 Å². The Kier molecular flexibility index (Phi) is 8.70. The van der Waals surface area contributed by atoms with E-state index in [1.807, 2.05) is 6.07 Å². The zero-order valence-corrected chi connectivity index (χ0v) is 21.7. The van der Waals surface area contributed by atoms with Crippen LogP contribution < -0.4 is 25.8 Å². The molecule has 2 aromatic carbocycles. The van der Waals surface area contributed by atoms with E-state index in [4.69, 9.17) is 0 Å². The number of alkyl carbamates (subject to hydrolysis) is 1. The number of carbonyl (C=O) groups is 2. The second-order valence-corrected chi connectivity index (χ2v) is 8.61. The second kappa shape index (κ2) is 12.4. The summed E-state index contributed by atoms with van der Waals surface area (Å²) in [6.07, 6.45) is 0.412. The van der Waals surface area contributed by atoms with Gasteiger partial charge < -0.3 is 20.7 Å². The molecule has 3 amide bonds. The van der Waals surface area contributed by atoms with Crippen LogP contribution in [0.1, 0.15) is 12.5 Å². The van der Waals surface area contributed by atoms with E-state index in [0.717, 1.165) is 23.2 Å². The van der Waals surface area contributed by atoms with E-state index in [2.05, 4.69) is 25.7 Å². The molecule has 3 aromatic rings. The molecule has 2 heterocycles. The first kappa shape index (κ1) is 28.2. The molecule has 40 heavy (non-hydrogen) atoms. The van der Waals surface area contributed by atoms with Gasteiger partial charge in [0, 0.05) is 49.5 Å². The van der Waals surface area contributed by atoms with Crippen LogP contribution >= 0.6 is 0 Å². The number of methoxy groups -OCH3 is 1. The normalized spacial score (nSPS) is 12.2. The Balaban J connectivity index is 1.64. The molecule has 0 saturated heterocycles. The summed E-state index contributed by atoms with van der Waals surface area (Å²) in [4.78, 5) is 30.9. The average Bonchev–Trinajstić information content (AvgIpc) is 3.03. The Morgan fingerprint density at radius 3 is 2.45 bits per heavy atom. The molecule has 0 saturated carbocycles. The van der Waals surface area contributed by atoms with Crippen LogP contribution in [-0.2, 0) is 4.74 Å². The summed E-state index contributed by atoms with van der Waals surface area (Å²) in [5, 5.41) is 17.9. The Morgan fingerprint density at radius 1 is 1.05 bits per heavy atom. The van der Waals surface area contributed by atoms with Crippen molar-refractivity contribution in [3.05, 3.63) is 65.6 Å². The molecule has 0 bridgehead atoms. The van der Waals surface area contributed by atoms with Gasteiger partial charge in [0.15, 0.2) is 11.6 Å². The van der Waals surface area contributed by atoms with Gasteiger partial charge in [0.05, 0.1) is 30.6 Å². The number of fused-ring (bicyclic) bond motifs is 3. The quantitative estimate of drug-likeness (QED) is 0.334. The molecular weight excluding hydrogens is 527 g/mol. The fourth-order valence-corrected chi connectivity index (χ4v) is 4.30. The summed E-state index contributed by atoms with van der Waals surface area (Å²) in [6.45, 7) is 3.25. The molecule has 4 rings (SSSR count). The van der Waals surface area contributed by atoms with Gasteiger partial charge in [-0.2, -0.15) is 5.26 Å². The van der Waals surface area contributed by atoms with E-state index in [-0.39, 0.29) is 40.4 Å². The van der Waals surface area contributed by atoms with E-state index in [9.17, 15) is 19.2 Å². The van der Waals surface area contributed by atoms with Crippen molar-refractivity contribution >= 4 is 35.0 Å². The van der Waals surface area contributed by atoms with Crippen LogP contribution in [0.2, 0.25) is 0 Å². The zero-order valence-electron chi connectivity index (χ0n) is 21.7. The largest absolute Gasteiger partial charge is 0.453 e. The van der Waals surface area contributed by atoms with Gasteiger partial charge in [0.2, 0.25) is 0 Å². The molecule has 0 aliphatic carbocycles. The number of halogens is 3. The maximum absolute atomic E-state index is 15.6. The number of hydrogen-bond acceptors (Lipinski definition) is 7. The lowest BCUT2D eigenvalue weighted by Crippen LogP contribution is -2.41. The number of carbonyl (C=O) groups excluding carboxylic acids is 2. The maximum Gasteiger partial charge on any atom is 0.406 e. The Labute approximate surface area is 228 Å². The first-order valence-electron chi connectivity index (χ1n) is 12.4. The van der Waals surface area contributed by atoms with Crippen molar-refractivity contribution in [2.75, 3.05) is 55.0 Å². The van der Waals surface area contributed by atoms with Gasteiger partial charge >= 0.3 is 12.1 Å². The van der Waals surface area contributed by atoms with Crippen molar-refractivity contribution in [2.45, 2.75) is 6.92 Å². The van der Waals surface area contributed by atoms with Crippen molar-refractivity contribution < 1.29 is 27.5 Å². The van der Waals surface area contributed by atoms with Crippen LogP contribution in [0.3, 0.4) is 0 Å². The molecule has 0 unspecified atom stereocenters. The predicted molar refractivity (Wildman–Crippen MR) is 143 cm³/mol. The third-order valence-corrected chi connectivity index (χ3v) is 6.11. The standard InChI is InChI=1S/C27H26F3N7O3/c1-3-36-25-20(11-17(28)15-35-25)19-5-4-16(14-31)10-23(19)37(27(36)39)24-21(29)12-18(13-22(24)30)33-8-6-32-7-9-34-26(38)40-2/h4-5,10-13,15,32-33H,3,6-9H2,1-2H3,(H,34,38). The summed E-state index contributed by atoms with van der Waals surface area (Å²) in [5.74, 6) is -2.59. The van der Waals surface area contributed by atoms with Gasteiger partial charge in [-0.3, -0.25) is 9.80 Å². The van der Waals surface area contributed by atoms with E-state index in [0.29, 0.717) is 26.2 Å². The summed E-state index contributed by atoms with van der Waals surface area (Å²) in [5.41, 5.74) is 0.161. The van der Waals surface area contributed by atoms with E-state index in [1.54, 1.807) is 6.92 Å². The molecule has 1 aliphatic rings. The first-order chi connectivity index (χ1) is 19.3. The second-order valence-electron chi connectivity index (χ2n) is 8.61. The van der Waals surface area contributed by atoms with E-state index < -0.39 is 35.3 Å². The highest BCUT2D eigenvalue weighted by molar-refractivity contribution is 6.14. The number of amides is 3. The van der Waals surface area contributed by atoms with Crippen molar-refractivity contribution in [3.63, 3.8) is 0 Å². The highest BCUT2D eigenvalue weighted by Crippen LogP contribution is 2.45. The number of nitrogens with one attached hydrogen (secondary N) is 3. The molecule has 0 radical (unpaired) electrons. The molecule has 0 spiro atoms. The molecule has 0 atom stereocenters. The van der Waals surface area contributed by atoms with Crippen molar-refractivity contribution in [3.8, 4) is 17.2 Å². The van der Waals surface area contributed by atoms with Crippen molar-refractivity contribution in [1.29, 1.82) is 5.26 Å². The maximum atomic E-state index is 15.6. The minimum absolute atomic E-state index is 0.0110. The van der Waals surface area contributed by atoms with Crippen LogP contribution in [0, 0.1) is 28.8 Å². The predicted octanol–water partition coefficient (Wildman–Crippen LogP) is 4.49. The Morgan fingerprint density at radius 2 is 1.77 bits per heavy atom. The minimum Gasteiger partial charge on any atom is -0.453 e. The smallest absolute Gasteiger partial charge is 0.406 e. The number of nitrogens with zero attached hydrogens (tertiary/aromatic N) is 4. The third kappa shape index (κ3) is 5.76. The van der Waals surface area contributed by atoms with Gasteiger partial charge in [0.25, 0.3) is 0 Å². The Hall–Kier alpha value is -4.83. The zero-order chi connectivity index (χ0) is 28.8. The number of ether oxygens (including phenoxy) is 1. The number of rotatable bonds is 9. The summed E-state index contributed by atoms with van der Waals surface area (Å²) >= 11 is 0. The fraction of sp³-hybridized carbons (Fsp3) is 0.259. The minimum atomic E-state index is -1.03. The number of hydrogen-bond donors (Lipinski definition) is 3. The topological polar surface area (TPSA) is 123 Å². The highest BCUT2D eigenvalue weighted by atomic mass is 19.1. The van der Waals surface area contributed by atoms with Crippen LogP contribution in [0.15, 0.2) is 42.6 Å². The molecule has 13 heteroatoms. The molecule has 3 N–H and O–H groups in total. The monoisotopic (exact) mass is 553 g/mol. The molecule has 1 aromatic heterocycles. The first-order valence-corrected chi connectivity index (χ1v) is 12.4.